The van der Waals surface area contributed by atoms with Crippen molar-refractivity contribution in [2.45, 2.75) is 19.4 Å². The van der Waals surface area contributed by atoms with Crippen LogP contribution in [0.1, 0.15) is 23.2 Å². The van der Waals surface area contributed by atoms with Crippen LogP contribution in [0.15, 0.2) is 34.9 Å². The summed E-state index contributed by atoms with van der Waals surface area (Å²) < 4.78 is 4.98. The third-order valence-corrected chi connectivity index (χ3v) is 2.55. The molecule has 0 spiro atoms. The molecule has 0 saturated carbocycles. The molecule has 0 fully saturated rings. The van der Waals surface area contributed by atoms with Crippen LogP contribution >= 0.6 is 0 Å². The first-order valence-electron chi connectivity index (χ1n) is 5.74. The van der Waals surface area contributed by atoms with Gasteiger partial charge in [-0.2, -0.15) is 10.2 Å². The molecule has 2 aromatic rings. The minimum absolute atomic E-state index is 0.171. The second kappa shape index (κ2) is 5.94. The highest BCUT2D eigenvalue weighted by atomic mass is 16.5. The van der Waals surface area contributed by atoms with Crippen LogP contribution < -0.4 is 5.32 Å². The van der Waals surface area contributed by atoms with E-state index in [0.717, 1.165) is 5.56 Å². The number of nitriles is 1. The van der Waals surface area contributed by atoms with Crippen molar-refractivity contribution in [2.75, 3.05) is 6.54 Å². The molecule has 18 heavy (non-hydrogen) atoms. The SMILES string of the molecule is Cc1noc(CNCC(C#N)c2ccccc2)n1. The van der Waals surface area contributed by atoms with Gasteiger partial charge in [0.05, 0.1) is 18.5 Å². The Bertz CT molecular complexity index is 529. The average molecular weight is 242 g/mol. The molecule has 0 bridgehead atoms. The minimum atomic E-state index is -0.171. The second-order valence-corrected chi connectivity index (χ2v) is 3.96. The summed E-state index contributed by atoms with van der Waals surface area (Å²) in [6.07, 6.45) is 0. The van der Waals surface area contributed by atoms with Gasteiger partial charge in [0, 0.05) is 6.54 Å². The molecular formula is C13H14N4O. The van der Waals surface area contributed by atoms with Crippen LogP contribution in [0.25, 0.3) is 0 Å². The van der Waals surface area contributed by atoms with E-state index >= 15 is 0 Å². The van der Waals surface area contributed by atoms with Crippen molar-refractivity contribution in [3.63, 3.8) is 0 Å². The van der Waals surface area contributed by atoms with E-state index in [1.807, 2.05) is 30.3 Å². The van der Waals surface area contributed by atoms with Gasteiger partial charge < -0.3 is 9.84 Å². The summed E-state index contributed by atoms with van der Waals surface area (Å²) in [6, 6.07) is 12.0. The predicted molar refractivity (Wildman–Crippen MR) is 65.5 cm³/mol. The summed E-state index contributed by atoms with van der Waals surface area (Å²) in [5.74, 6) is 0.985. The fraction of sp³-hybridized carbons (Fsp3) is 0.308. The van der Waals surface area contributed by atoms with Crippen molar-refractivity contribution in [3.8, 4) is 6.07 Å². The number of rotatable bonds is 5. The number of nitrogens with one attached hydrogen (secondary N) is 1. The van der Waals surface area contributed by atoms with Crippen molar-refractivity contribution in [1.29, 1.82) is 5.26 Å². The largest absolute Gasteiger partial charge is 0.338 e. The molecular weight excluding hydrogens is 228 g/mol. The Labute approximate surface area is 105 Å². The summed E-state index contributed by atoms with van der Waals surface area (Å²) in [4.78, 5) is 4.08. The first kappa shape index (κ1) is 12.3. The summed E-state index contributed by atoms with van der Waals surface area (Å²) in [6.45, 7) is 2.81. The molecule has 1 heterocycles. The smallest absolute Gasteiger partial charge is 0.240 e. The number of aryl methyl sites for hydroxylation is 1. The van der Waals surface area contributed by atoms with Gasteiger partial charge in [0.2, 0.25) is 5.89 Å². The van der Waals surface area contributed by atoms with Crippen LogP contribution in [0, 0.1) is 18.3 Å². The van der Waals surface area contributed by atoms with Gasteiger partial charge in [-0.3, -0.25) is 0 Å². The summed E-state index contributed by atoms with van der Waals surface area (Å²) in [5, 5.41) is 16.0. The first-order valence-corrected chi connectivity index (χ1v) is 5.74. The third-order valence-electron chi connectivity index (χ3n) is 2.55. The van der Waals surface area contributed by atoms with E-state index < -0.39 is 0 Å². The Hall–Kier alpha value is -2.19. The normalized spacial score (nSPS) is 12.0. The highest BCUT2D eigenvalue weighted by Crippen LogP contribution is 2.13. The van der Waals surface area contributed by atoms with Crippen LogP contribution in [0.5, 0.6) is 0 Å². The number of hydrogen-bond donors (Lipinski definition) is 1. The average Bonchev–Trinajstić information content (AvgIpc) is 2.81. The molecule has 0 amide bonds. The maximum Gasteiger partial charge on any atom is 0.240 e. The zero-order valence-corrected chi connectivity index (χ0v) is 10.1. The van der Waals surface area contributed by atoms with Gasteiger partial charge in [-0.1, -0.05) is 35.5 Å². The van der Waals surface area contributed by atoms with E-state index in [1.165, 1.54) is 0 Å². The van der Waals surface area contributed by atoms with E-state index in [1.54, 1.807) is 6.92 Å². The van der Waals surface area contributed by atoms with Crippen molar-refractivity contribution in [2.24, 2.45) is 0 Å². The van der Waals surface area contributed by atoms with Crippen molar-refractivity contribution < 1.29 is 4.52 Å². The molecule has 0 aliphatic carbocycles. The molecule has 1 aromatic carbocycles. The van der Waals surface area contributed by atoms with Gasteiger partial charge in [-0.15, -0.1) is 0 Å². The maximum absolute atomic E-state index is 9.14. The Kier molecular flexibility index (Phi) is 4.05. The summed E-state index contributed by atoms with van der Waals surface area (Å²) >= 11 is 0. The Balaban J connectivity index is 1.87. The van der Waals surface area contributed by atoms with E-state index in [-0.39, 0.29) is 5.92 Å². The topological polar surface area (TPSA) is 74.7 Å². The van der Waals surface area contributed by atoms with Gasteiger partial charge in [0.1, 0.15) is 0 Å². The molecule has 2 rings (SSSR count). The number of benzene rings is 1. The summed E-state index contributed by atoms with van der Waals surface area (Å²) in [5.41, 5.74) is 1.01. The lowest BCUT2D eigenvalue weighted by Crippen LogP contribution is -2.20. The number of aromatic nitrogens is 2. The molecule has 5 nitrogen and oxygen atoms in total. The quantitative estimate of drug-likeness (QED) is 0.864. The Morgan fingerprint density at radius 1 is 1.39 bits per heavy atom. The lowest BCUT2D eigenvalue weighted by atomic mass is 10.0. The van der Waals surface area contributed by atoms with E-state index in [4.69, 9.17) is 9.78 Å². The number of hydrogen-bond acceptors (Lipinski definition) is 5. The Morgan fingerprint density at radius 2 is 2.17 bits per heavy atom. The predicted octanol–water partition coefficient (Wildman–Crippen LogP) is 1.77. The molecule has 1 atom stereocenters. The van der Waals surface area contributed by atoms with Crippen molar-refractivity contribution in [1.82, 2.24) is 15.5 Å². The summed E-state index contributed by atoms with van der Waals surface area (Å²) in [7, 11) is 0. The molecule has 92 valence electrons. The van der Waals surface area contributed by atoms with Gasteiger partial charge in [0.15, 0.2) is 5.82 Å². The van der Waals surface area contributed by atoms with Gasteiger partial charge >= 0.3 is 0 Å². The van der Waals surface area contributed by atoms with E-state index in [9.17, 15) is 0 Å². The third kappa shape index (κ3) is 3.15. The molecule has 0 saturated heterocycles. The monoisotopic (exact) mass is 242 g/mol. The molecule has 1 unspecified atom stereocenters. The molecule has 5 heteroatoms. The fourth-order valence-electron chi connectivity index (χ4n) is 1.66. The van der Waals surface area contributed by atoms with Crippen LogP contribution in [0.3, 0.4) is 0 Å². The van der Waals surface area contributed by atoms with Gasteiger partial charge in [-0.25, -0.2) is 0 Å². The zero-order valence-electron chi connectivity index (χ0n) is 10.1. The molecule has 1 aromatic heterocycles. The van der Waals surface area contributed by atoms with Crippen molar-refractivity contribution in [3.05, 3.63) is 47.6 Å². The van der Waals surface area contributed by atoms with Crippen LogP contribution in [0.2, 0.25) is 0 Å². The van der Waals surface area contributed by atoms with Gasteiger partial charge in [-0.05, 0) is 12.5 Å². The highest BCUT2D eigenvalue weighted by molar-refractivity contribution is 5.24. The highest BCUT2D eigenvalue weighted by Gasteiger charge is 2.10. The minimum Gasteiger partial charge on any atom is -0.338 e. The lowest BCUT2D eigenvalue weighted by Gasteiger charge is -2.09. The maximum atomic E-state index is 9.14. The van der Waals surface area contributed by atoms with Crippen LogP contribution in [0.4, 0.5) is 0 Å². The molecule has 0 aliphatic heterocycles. The van der Waals surface area contributed by atoms with Gasteiger partial charge in [0.25, 0.3) is 0 Å². The van der Waals surface area contributed by atoms with E-state index in [2.05, 4.69) is 21.5 Å². The van der Waals surface area contributed by atoms with E-state index in [0.29, 0.717) is 24.8 Å². The van der Waals surface area contributed by atoms with Crippen molar-refractivity contribution >= 4 is 0 Å². The van der Waals surface area contributed by atoms with Crippen LogP contribution in [-0.2, 0) is 6.54 Å². The first-order chi connectivity index (χ1) is 8.79. The second-order valence-electron chi connectivity index (χ2n) is 3.96. The molecule has 1 N–H and O–H groups in total. The zero-order chi connectivity index (χ0) is 12.8. The van der Waals surface area contributed by atoms with Crippen LogP contribution in [-0.4, -0.2) is 16.7 Å². The fourth-order valence-corrected chi connectivity index (χ4v) is 1.66. The number of nitrogens with zero attached hydrogens (tertiary/aromatic N) is 3. The molecule has 0 radical (unpaired) electrons. The Morgan fingerprint density at radius 3 is 2.78 bits per heavy atom. The lowest BCUT2D eigenvalue weighted by molar-refractivity contribution is 0.364. The molecule has 0 aliphatic rings. The standard InChI is InChI=1S/C13H14N4O/c1-10-16-13(18-17-10)9-15-8-12(7-14)11-5-3-2-4-6-11/h2-6,12,15H,8-9H2,1H3.